The van der Waals surface area contributed by atoms with Crippen molar-refractivity contribution in [2.45, 2.75) is 70.4 Å². The molecule has 2 nitrogen and oxygen atoms in total. The van der Waals surface area contributed by atoms with Crippen LogP contribution in [-0.2, 0) is 0 Å². The summed E-state index contributed by atoms with van der Waals surface area (Å²) in [5, 5.41) is 13.2. The monoisotopic (exact) mass is 225 g/mol. The predicted octanol–water partition coefficient (Wildman–Crippen LogP) is 2.71. The molecule has 2 atom stereocenters. The minimum atomic E-state index is -0.0159. The van der Waals surface area contributed by atoms with E-state index in [0.717, 1.165) is 5.92 Å². The van der Waals surface area contributed by atoms with Crippen LogP contribution < -0.4 is 5.32 Å². The minimum absolute atomic E-state index is 0.0159. The molecule has 0 radical (unpaired) electrons. The van der Waals surface area contributed by atoms with Gasteiger partial charge in [-0.25, -0.2) is 0 Å². The highest BCUT2D eigenvalue weighted by Crippen LogP contribution is 2.40. The maximum atomic E-state index is 9.54. The van der Waals surface area contributed by atoms with Gasteiger partial charge in [0.15, 0.2) is 0 Å². The van der Waals surface area contributed by atoms with Crippen LogP contribution in [0.4, 0.5) is 0 Å². The van der Waals surface area contributed by atoms with Crippen molar-refractivity contribution in [1.29, 1.82) is 0 Å². The van der Waals surface area contributed by atoms with Crippen molar-refractivity contribution < 1.29 is 5.11 Å². The highest BCUT2D eigenvalue weighted by atomic mass is 16.3. The van der Waals surface area contributed by atoms with E-state index in [1.54, 1.807) is 0 Å². The molecule has 2 aliphatic rings. The van der Waals surface area contributed by atoms with Crippen LogP contribution in [0, 0.1) is 11.8 Å². The van der Waals surface area contributed by atoms with Gasteiger partial charge >= 0.3 is 0 Å². The molecule has 0 amide bonds. The molecule has 2 unspecified atom stereocenters. The molecule has 94 valence electrons. The zero-order chi connectivity index (χ0) is 11.6. The Labute approximate surface area is 99.8 Å². The van der Waals surface area contributed by atoms with Crippen LogP contribution in [0.5, 0.6) is 0 Å². The number of aliphatic hydroxyl groups is 1. The van der Waals surface area contributed by atoms with E-state index >= 15 is 0 Å². The second kappa shape index (κ2) is 5.05. The highest BCUT2D eigenvalue weighted by molar-refractivity contribution is 4.98. The van der Waals surface area contributed by atoms with Gasteiger partial charge in [-0.05, 0) is 44.9 Å². The molecule has 2 heteroatoms. The first-order valence-corrected chi connectivity index (χ1v) is 7.02. The molecule has 0 saturated heterocycles. The van der Waals surface area contributed by atoms with E-state index in [1.807, 2.05) is 0 Å². The standard InChI is InChI=1S/C14H27NO/c1-11(9-12-5-3-4-6-12)15-14(2,10-16)13-7-8-13/h11-13,15-16H,3-10H2,1-2H3. The van der Waals surface area contributed by atoms with E-state index < -0.39 is 0 Å². The molecule has 0 aromatic carbocycles. The van der Waals surface area contributed by atoms with Gasteiger partial charge < -0.3 is 10.4 Å². The summed E-state index contributed by atoms with van der Waals surface area (Å²) in [6, 6.07) is 0.556. The normalized spacial score (nSPS) is 27.9. The molecule has 2 N–H and O–H groups in total. The first-order valence-electron chi connectivity index (χ1n) is 7.02. The fourth-order valence-corrected chi connectivity index (χ4v) is 3.38. The van der Waals surface area contributed by atoms with Crippen LogP contribution in [0.1, 0.15) is 58.8 Å². The summed E-state index contributed by atoms with van der Waals surface area (Å²) < 4.78 is 0. The second-order valence-corrected chi connectivity index (χ2v) is 6.28. The molecule has 2 fully saturated rings. The summed E-state index contributed by atoms with van der Waals surface area (Å²) in [7, 11) is 0. The molecular formula is C14H27NO. The molecule has 16 heavy (non-hydrogen) atoms. The van der Waals surface area contributed by atoms with Crippen molar-refractivity contribution >= 4 is 0 Å². The summed E-state index contributed by atoms with van der Waals surface area (Å²) in [4.78, 5) is 0. The van der Waals surface area contributed by atoms with E-state index in [0.29, 0.717) is 12.0 Å². The lowest BCUT2D eigenvalue weighted by Gasteiger charge is -2.33. The Hall–Kier alpha value is -0.0800. The number of nitrogens with one attached hydrogen (secondary N) is 1. The molecule has 0 aromatic heterocycles. The fourth-order valence-electron chi connectivity index (χ4n) is 3.38. The van der Waals surface area contributed by atoms with Gasteiger partial charge in [-0.2, -0.15) is 0 Å². The summed E-state index contributed by atoms with van der Waals surface area (Å²) in [5.74, 6) is 1.65. The van der Waals surface area contributed by atoms with Gasteiger partial charge in [0.05, 0.1) is 6.61 Å². The van der Waals surface area contributed by atoms with E-state index in [4.69, 9.17) is 0 Å². The van der Waals surface area contributed by atoms with Crippen LogP contribution in [0.3, 0.4) is 0 Å². The van der Waals surface area contributed by atoms with Crippen molar-refractivity contribution in [2.75, 3.05) is 6.61 Å². The Morgan fingerprint density at radius 1 is 1.25 bits per heavy atom. The van der Waals surface area contributed by atoms with Crippen molar-refractivity contribution in [1.82, 2.24) is 5.32 Å². The van der Waals surface area contributed by atoms with Crippen molar-refractivity contribution in [3.63, 3.8) is 0 Å². The first kappa shape index (κ1) is 12.4. The molecule has 0 aliphatic heterocycles. The van der Waals surface area contributed by atoms with Gasteiger partial charge in [0, 0.05) is 11.6 Å². The number of hydrogen-bond donors (Lipinski definition) is 2. The molecular weight excluding hydrogens is 198 g/mol. The average Bonchev–Trinajstić information content (AvgIpc) is 3.00. The molecule has 0 aromatic rings. The Morgan fingerprint density at radius 3 is 2.38 bits per heavy atom. The Balaban J connectivity index is 1.78. The van der Waals surface area contributed by atoms with Gasteiger partial charge in [0.2, 0.25) is 0 Å². The maximum Gasteiger partial charge on any atom is 0.0613 e. The number of rotatable bonds is 6. The molecule has 2 saturated carbocycles. The van der Waals surface area contributed by atoms with Crippen LogP contribution in [0.25, 0.3) is 0 Å². The Morgan fingerprint density at radius 2 is 1.88 bits per heavy atom. The van der Waals surface area contributed by atoms with Gasteiger partial charge in [-0.15, -0.1) is 0 Å². The van der Waals surface area contributed by atoms with E-state index in [2.05, 4.69) is 19.2 Å². The third-order valence-electron chi connectivity index (χ3n) is 4.54. The van der Waals surface area contributed by atoms with E-state index in [1.165, 1.54) is 44.9 Å². The third-order valence-corrected chi connectivity index (χ3v) is 4.54. The average molecular weight is 225 g/mol. The quantitative estimate of drug-likeness (QED) is 0.728. The highest BCUT2D eigenvalue weighted by Gasteiger charge is 2.41. The summed E-state index contributed by atoms with van der Waals surface area (Å²) in [6.45, 7) is 4.76. The largest absolute Gasteiger partial charge is 0.394 e. The lowest BCUT2D eigenvalue weighted by molar-refractivity contribution is 0.138. The zero-order valence-electron chi connectivity index (χ0n) is 10.8. The maximum absolute atomic E-state index is 9.54. The Kier molecular flexibility index (Phi) is 3.91. The predicted molar refractivity (Wildman–Crippen MR) is 67.4 cm³/mol. The van der Waals surface area contributed by atoms with Crippen LogP contribution in [0.15, 0.2) is 0 Å². The van der Waals surface area contributed by atoms with Gasteiger partial charge in [-0.1, -0.05) is 25.7 Å². The summed E-state index contributed by atoms with van der Waals surface area (Å²) >= 11 is 0. The first-order chi connectivity index (χ1) is 7.64. The number of hydrogen-bond acceptors (Lipinski definition) is 2. The zero-order valence-corrected chi connectivity index (χ0v) is 10.8. The molecule has 2 aliphatic carbocycles. The van der Waals surface area contributed by atoms with Crippen molar-refractivity contribution in [3.8, 4) is 0 Å². The van der Waals surface area contributed by atoms with Gasteiger partial charge in [0.1, 0.15) is 0 Å². The Bertz CT molecular complexity index is 221. The lowest BCUT2D eigenvalue weighted by Crippen LogP contribution is -2.52. The third kappa shape index (κ3) is 2.98. The van der Waals surface area contributed by atoms with Crippen LogP contribution in [-0.4, -0.2) is 23.3 Å². The molecule has 0 bridgehead atoms. The minimum Gasteiger partial charge on any atom is -0.394 e. The van der Waals surface area contributed by atoms with Crippen LogP contribution >= 0.6 is 0 Å². The topological polar surface area (TPSA) is 32.3 Å². The number of aliphatic hydroxyl groups excluding tert-OH is 1. The van der Waals surface area contributed by atoms with Crippen LogP contribution in [0.2, 0.25) is 0 Å². The van der Waals surface area contributed by atoms with E-state index in [-0.39, 0.29) is 12.1 Å². The van der Waals surface area contributed by atoms with Gasteiger partial charge in [0.25, 0.3) is 0 Å². The van der Waals surface area contributed by atoms with Crippen molar-refractivity contribution in [3.05, 3.63) is 0 Å². The lowest BCUT2D eigenvalue weighted by atomic mass is 9.92. The smallest absolute Gasteiger partial charge is 0.0613 e. The van der Waals surface area contributed by atoms with E-state index in [9.17, 15) is 5.11 Å². The van der Waals surface area contributed by atoms with Crippen molar-refractivity contribution in [2.24, 2.45) is 11.8 Å². The van der Waals surface area contributed by atoms with Gasteiger partial charge in [-0.3, -0.25) is 0 Å². The molecule has 0 heterocycles. The molecule has 2 rings (SSSR count). The SMILES string of the molecule is CC(CC1CCCC1)NC(C)(CO)C1CC1. The second-order valence-electron chi connectivity index (χ2n) is 6.28. The summed E-state index contributed by atoms with van der Waals surface area (Å²) in [5.41, 5.74) is -0.0159. The summed E-state index contributed by atoms with van der Waals surface area (Å²) in [6.07, 6.45) is 9.58. The molecule has 0 spiro atoms. The fraction of sp³-hybridized carbons (Fsp3) is 1.00.